The SMILES string of the molecule is CC(=O)CCc1ccc(NC(=O)C(C)(C)Oc2ccc(CCNC(=O)c3ccc(Cl)cc3)cc2)cc1. The van der Waals surface area contributed by atoms with Gasteiger partial charge in [-0.15, -0.1) is 0 Å². The van der Waals surface area contributed by atoms with Crippen LogP contribution in [-0.2, 0) is 22.4 Å². The van der Waals surface area contributed by atoms with Crippen LogP contribution in [0.4, 0.5) is 5.69 Å². The third kappa shape index (κ3) is 8.24. The standard InChI is InChI=1S/C29H31ClN2O4/c1-20(33)4-5-21-6-14-25(15-7-21)32-28(35)29(2,3)36-26-16-8-22(9-17-26)18-19-31-27(34)23-10-12-24(30)13-11-23/h6-17H,4-5,18-19H2,1-3H3,(H,31,34)(H,32,35). The molecule has 0 unspecified atom stereocenters. The highest BCUT2D eigenvalue weighted by Gasteiger charge is 2.30. The van der Waals surface area contributed by atoms with Crippen LogP contribution in [0.2, 0.25) is 5.02 Å². The second-order valence-corrected chi connectivity index (χ2v) is 9.56. The predicted molar refractivity (Wildman–Crippen MR) is 143 cm³/mol. The van der Waals surface area contributed by atoms with Crippen molar-refractivity contribution >= 4 is 34.9 Å². The Labute approximate surface area is 217 Å². The van der Waals surface area contributed by atoms with E-state index in [0.717, 1.165) is 11.1 Å². The fraction of sp³-hybridized carbons (Fsp3) is 0.276. The van der Waals surface area contributed by atoms with E-state index in [9.17, 15) is 14.4 Å². The molecule has 36 heavy (non-hydrogen) atoms. The first-order chi connectivity index (χ1) is 17.1. The number of amides is 2. The van der Waals surface area contributed by atoms with Crippen LogP contribution in [0, 0.1) is 0 Å². The van der Waals surface area contributed by atoms with Crippen LogP contribution in [0.25, 0.3) is 0 Å². The summed E-state index contributed by atoms with van der Waals surface area (Å²) in [5, 5.41) is 6.36. The van der Waals surface area contributed by atoms with Gasteiger partial charge in [-0.25, -0.2) is 0 Å². The van der Waals surface area contributed by atoms with Crippen LogP contribution < -0.4 is 15.4 Å². The number of halogens is 1. The van der Waals surface area contributed by atoms with Crippen molar-refractivity contribution in [3.8, 4) is 5.75 Å². The maximum Gasteiger partial charge on any atom is 0.267 e. The molecule has 0 atom stereocenters. The van der Waals surface area contributed by atoms with Gasteiger partial charge in [0.15, 0.2) is 5.60 Å². The molecular weight excluding hydrogens is 476 g/mol. The van der Waals surface area contributed by atoms with Gasteiger partial charge in [0.05, 0.1) is 0 Å². The van der Waals surface area contributed by atoms with Crippen molar-refractivity contribution in [2.45, 2.75) is 45.6 Å². The van der Waals surface area contributed by atoms with Crippen LogP contribution in [0.3, 0.4) is 0 Å². The zero-order valence-corrected chi connectivity index (χ0v) is 21.5. The Morgan fingerprint density at radius 1 is 0.833 bits per heavy atom. The van der Waals surface area contributed by atoms with E-state index in [2.05, 4.69) is 10.6 Å². The Balaban J connectivity index is 1.47. The summed E-state index contributed by atoms with van der Waals surface area (Å²) in [6, 6.07) is 21.7. The number of nitrogens with one attached hydrogen (secondary N) is 2. The Hall–Kier alpha value is -3.64. The van der Waals surface area contributed by atoms with Crippen LogP contribution in [0.1, 0.15) is 48.7 Å². The molecule has 0 fully saturated rings. The minimum Gasteiger partial charge on any atom is -0.478 e. The lowest BCUT2D eigenvalue weighted by molar-refractivity contribution is -0.128. The Morgan fingerprint density at radius 3 is 2.03 bits per heavy atom. The fourth-order valence-electron chi connectivity index (χ4n) is 3.45. The minimum atomic E-state index is -1.10. The van der Waals surface area contributed by atoms with Gasteiger partial charge in [-0.1, -0.05) is 35.9 Å². The average Bonchev–Trinajstić information content (AvgIpc) is 2.84. The van der Waals surface area contributed by atoms with E-state index in [1.54, 1.807) is 45.0 Å². The van der Waals surface area contributed by atoms with Gasteiger partial charge in [0.1, 0.15) is 11.5 Å². The number of ether oxygens (including phenoxy) is 1. The molecule has 0 aromatic heterocycles. The molecule has 6 nitrogen and oxygen atoms in total. The molecule has 0 saturated heterocycles. The molecule has 0 aliphatic heterocycles. The number of hydrogen-bond donors (Lipinski definition) is 2. The molecule has 0 bridgehead atoms. The number of Topliss-reactive ketones (excluding diaryl/α,β-unsaturated/α-hetero) is 1. The Morgan fingerprint density at radius 2 is 1.42 bits per heavy atom. The summed E-state index contributed by atoms with van der Waals surface area (Å²) in [5.41, 5.74) is 2.21. The van der Waals surface area contributed by atoms with Crippen molar-refractivity contribution < 1.29 is 19.1 Å². The van der Waals surface area contributed by atoms with E-state index >= 15 is 0 Å². The first-order valence-corrected chi connectivity index (χ1v) is 12.2. The summed E-state index contributed by atoms with van der Waals surface area (Å²) in [6.07, 6.45) is 1.85. The Kier molecular flexibility index (Phi) is 9.25. The molecule has 0 aliphatic rings. The topological polar surface area (TPSA) is 84.5 Å². The van der Waals surface area contributed by atoms with E-state index < -0.39 is 5.60 Å². The van der Waals surface area contributed by atoms with Crippen molar-refractivity contribution in [3.05, 3.63) is 94.5 Å². The van der Waals surface area contributed by atoms with Gasteiger partial charge in [-0.05, 0) is 93.3 Å². The normalized spacial score (nSPS) is 11.0. The average molecular weight is 507 g/mol. The summed E-state index contributed by atoms with van der Waals surface area (Å²) in [4.78, 5) is 36.2. The lowest BCUT2D eigenvalue weighted by Crippen LogP contribution is -2.42. The molecule has 0 saturated carbocycles. The van der Waals surface area contributed by atoms with Gasteiger partial charge in [0.2, 0.25) is 0 Å². The van der Waals surface area contributed by atoms with Crippen molar-refractivity contribution in [1.29, 1.82) is 0 Å². The van der Waals surface area contributed by atoms with Crippen LogP contribution in [0.15, 0.2) is 72.8 Å². The molecule has 0 radical (unpaired) electrons. The van der Waals surface area contributed by atoms with E-state index in [0.29, 0.717) is 47.8 Å². The zero-order chi connectivity index (χ0) is 26.1. The number of aryl methyl sites for hydroxylation is 1. The fourth-order valence-corrected chi connectivity index (χ4v) is 3.57. The van der Waals surface area contributed by atoms with E-state index in [-0.39, 0.29) is 17.6 Å². The number of carbonyl (C=O) groups excluding carboxylic acids is 3. The summed E-state index contributed by atoms with van der Waals surface area (Å²) in [5.74, 6) is 0.307. The Bertz CT molecular complexity index is 1190. The van der Waals surface area contributed by atoms with Crippen molar-refractivity contribution in [2.24, 2.45) is 0 Å². The van der Waals surface area contributed by atoms with E-state index in [1.165, 1.54) is 0 Å². The molecule has 3 rings (SSSR count). The van der Waals surface area contributed by atoms with Gasteiger partial charge < -0.3 is 20.2 Å². The van der Waals surface area contributed by atoms with E-state index in [1.807, 2.05) is 48.5 Å². The first-order valence-electron chi connectivity index (χ1n) is 11.8. The van der Waals surface area contributed by atoms with Gasteiger partial charge in [-0.3, -0.25) is 9.59 Å². The number of hydrogen-bond acceptors (Lipinski definition) is 4. The molecule has 0 spiro atoms. The highest BCUT2D eigenvalue weighted by atomic mass is 35.5. The monoisotopic (exact) mass is 506 g/mol. The van der Waals surface area contributed by atoms with Crippen LogP contribution in [0.5, 0.6) is 5.75 Å². The molecule has 3 aromatic carbocycles. The van der Waals surface area contributed by atoms with Gasteiger partial charge in [-0.2, -0.15) is 0 Å². The molecular formula is C29H31ClN2O4. The minimum absolute atomic E-state index is 0.148. The molecule has 2 amide bonds. The smallest absolute Gasteiger partial charge is 0.267 e. The molecule has 0 heterocycles. The highest BCUT2D eigenvalue weighted by molar-refractivity contribution is 6.30. The van der Waals surface area contributed by atoms with Gasteiger partial charge >= 0.3 is 0 Å². The third-order valence-corrected chi connectivity index (χ3v) is 5.88. The molecule has 0 aliphatic carbocycles. The summed E-state index contributed by atoms with van der Waals surface area (Å²) >= 11 is 5.86. The number of carbonyl (C=O) groups is 3. The number of rotatable bonds is 11. The maximum absolute atomic E-state index is 12.8. The molecule has 7 heteroatoms. The van der Waals surface area contributed by atoms with Gasteiger partial charge in [0, 0.05) is 29.2 Å². The van der Waals surface area contributed by atoms with Crippen molar-refractivity contribution in [1.82, 2.24) is 5.32 Å². The summed E-state index contributed by atoms with van der Waals surface area (Å²) in [7, 11) is 0. The largest absolute Gasteiger partial charge is 0.478 e. The summed E-state index contributed by atoms with van der Waals surface area (Å²) < 4.78 is 5.96. The van der Waals surface area contributed by atoms with Gasteiger partial charge in [0.25, 0.3) is 11.8 Å². The quantitative estimate of drug-likeness (QED) is 0.353. The lowest BCUT2D eigenvalue weighted by atomic mass is 10.1. The van der Waals surface area contributed by atoms with E-state index in [4.69, 9.17) is 16.3 Å². The number of benzene rings is 3. The second-order valence-electron chi connectivity index (χ2n) is 9.12. The first kappa shape index (κ1) is 27.0. The number of ketones is 1. The maximum atomic E-state index is 12.8. The predicted octanol–water partition coefficient (Wildman–Crippen LogP) is 5.63. The second kappa shape index (κ2) is 12.4. The van der Waals surface area contributed by atoms with Crippen LogP contribution in [-0.4, -0.2) is 29.7 Å². The van der Waals surface area contributed by atoms with Crippen LogP contribution >= 0.6 is 11.6 Å². The number of anilines is 1. The lowest BCUT2D eigenvalue weighted by Gasteiger charge is -2.25. The molecule has 3 aromatic rings. The van der Waals surface area contributed by atoms with Crippen molar-refractivity contribution in [3.63, 3.8) is 0 Å². The third-order valence-electron chi connectivity index (χ3n) is 5.63. The zero-order valence-electron chi connectivity index (χ0n) is 20.8. The summed E-state index contributed by atoms with van der Waals surface area (Å²) in [6.45, 7) is 5.49. The highest BCUT2D eigenvalue weighted by Crippen LogP contribution is 2.21. The molecule has 2 N–H and O–H groups in total. The van der Waals surface area contributed by atoms with Crippen molar-refractivity contribution in [2.75, 3.05) is 11.9 Å². The molecule has 188 valence electrons.